The Balaban J connectivity index is 0.000000670. The highest BCUT2D eigenvalue weighted by Gasteiger charge is 2.43. The van der Waals surface area contributed by atoms with Crippen LogP contribution in [-0.4, -0.2) is 43.3 Å². The number of benzene rings is 6. The number of aromatic nitrogens is 1. The molecule has 0 amide bonds. The summed E-state index contributed by atoms with van der Waals surface area (Å²) in [6, 6.07) is 61.0. The lowest BCUT2D eigenvalue weighted by Crippen LogP contribution is -2.41. The van der Waals surface area contributed by atoms with Crippen LogP contribution in [-0.2, 0) is 20.7 Å². The molecule has 7 aromatic rings. The fraction of sp³-hybridized carbons (Fsp3) is 0.505. The minimum Gasteiger partial charge on any atom is -0.453 e. The van der Waals surface area contributed by atoms with Crippen LogP contribution in [0.2, 0.25) is 0 Å². The summed E-state index contributed by atoms with van der Waals surface area (Å²) in [4.78, 5) is 27.9. The summed E-state index contributed by atoms with van der Waals surface area (Å²) in [5.74, 6) is 5.14. The maximum absolute atomic E-state index is 12.4. The fourth-order valence-electron chi connectivity index (χ4n) is 15.2. The molecule has 2 fully saturated rings. The summed E-state index contributed by atoms with van der Waals surface area (Å²) >= 11 is 1.74. The van der Waals surface area contributed by atoms with Crippen LogP contribution in [0.4, 0.5) is 0 Å². The Labute approximate surface area is 707 Å². The zero-order valence-electron chi connectivity index (χ0n) is 74.2. The van der Waals surface area contributed by atoms with E-state index in [2.05, 4.69) is 207 Å². The molecule has 1 aromatic heterocycles. The van der Waals surface area contributed by atoms with Gasteiger partial charge in [-0.2, -0.15) is 0 Å². The summed E-state index contributed by atoms with van der Waals surface area (Å²) in [7, 11) is 0. The molecule has 2 saturated carbocycles. The number of nitrogens with zero attached hydrogens (tertiary/aromatic N) is 1. The van der Waals surface area contributed by atoms with Crippen LogP contribution in [0, 0.1) is 64.6 Å². The third-order valence-corrected chi connectivity index (χ3v) is 23.7. The number of hydrogen-bond acceptors (Lipinski definition) is 8. The quantitative estimate of drug-likeness (QED) is 0.0316. The lowest BCUT2D eigenvalue weighted by molar-refractivity contribution is -0.145. The molecule has 8 heteroatoms. The summed E-state index contributed by atoms with van der Waals surface area (Å²) in [6.45, 7) is 71.5. The van der Waals surface area contributed by atoms with E-state index < -0.39 is 23.2 Å². The molecular formula is C107H159NO6S. The highest BCUT2D eigenvalue weighted by Crippen LogP contribution is 2.48. The molecule has 0 aliphatic heterocycles. The van der Waals surface area contributed by atoms with Gasteiger partial charge in [-0.3, -0.25) is 9.59 Å². The van der Waals surface area contributed by atoms with Gasteiger partial charge in [0.15, 0.2) is 0 Å². The molecule has 9 rings (SSSR count). The Hall–Kier alpha value is -7.59. The number of ketones is 1. The van der Waals surface area contributed by atoms with Crippen LogP contribution < -0.4 is 0 Å². The van der Waals surface area contributed by atoms with Crippen molar-refractivity contribution in [1.82, 2.24) is 4.98 Å². The molecular weight excluding hydrogens is 1430 g/mol. The zero-order chi connectivity index (χ0) is 84.9. The SMILES string of the molecule is C.C.C=C(C(C)C)C(Cc1nccs1)C(C)(C)C.C=C(C(C)C)C(O)c1ccccc1.C=C(C(C)C)C(OC(C)=O)c1ccccc1.C=C(C(C)C)C(c1ccccc1)C(C)C.C=C(C(C)C)C(c1ccccc1)C1(O)CCCC1.C=C(C(C)C)C(c1ccccc1)C1CCCC1.CCC(O)(CC)C(C(=O)C(C)C)c1ccccc1. The first kappa shape index (κ1) is 105. The first-order valence-corrected chi connectivity index (χ1v) is 43.2. The Morgan fingerprint density at radius 1 is 0.487 bits per heavy atom. The Morgan fingerprint density at radius 2 is 0.861 bits per heavy atom. The molecule has 6 aromatic carbocycles. The predicted octanol–water partition coefficient (Wildman–Crippen LogP) is 29.9. The summed E-state index contributed by atoms with van der Waals surface area (Å²) in [6.07, 6.45) is 12.8. The monoisotopic (exact) mass is 1590 g/mol. The standard InChI is InChI=1S/C17H24O.C17H24.C16H24O2.C15H22.C14H23NS.C14H18O2.C12H16O.2CH4/c1-13(2)14(3)16(15-9-5-4-6-10-15)17(18)11-7-8-12-17;1-13(2)14(3)17(16-11-7-8-12-16)15-9-5-4-6-10-15;1-5-16(18,6-2)14(15(17)12(3)4)13-10-8-7-9-11-13;1-11(2)13(5)15(12(3)4)14-9-7-6-8-10-14;1-10(2)11(3)12(14(4,5)6)9-13-15-7-8-16-13;1-10(2)11(3)14(16-12(4)15)13-8-6-5-7-9-13;1-9(2)10(3)12(13)11-7-5-4-6-8-11;;/h4-6,9-10,13,16,18H,3,7-8,11-12H2,1-2H3;4-6,9-10,13,16-17H,3,7-8,11-12H2,1-2H3;7-12,14,18H,5-6H2,1-4H3;6-12,15H,5H2,1-4H3;7-8,10,12H,3,9H2,1-2,4-6H3;5-10,14H,3H2,1-2,4H3;4-9,12-13H,3H2,1-2H3;2*1H4. The summed E-state index contributed by atoms with van der Waals surface area (Å²) in [5, 5.41) is 34.8. The van der Waals surface area contributed by atoms with Gasteiger partial charge in [0.05, 0.1) is 22.1 Å². The normalized spacial score (nSPS) is 14.9. The zero-order valence-corrected chi connectivity index (χ0v) is 75.0. The number of carbonyl (C=O) groups is 2. The van der Waals surface area contributed by atoms with Crippen molar-refractivity contribution in [2.24, 2.45) is 64.6 Å². The predicted molar refractivity (Wildman–Crippen MR) is 501 cm³/mol. The minimum atomic E-state index is -0.942. The van der Waals surface area contributed by atoms with E-state index in [-0.39, 0.29) is 55.9 Å². The van der Waals surface area contributed by atoms with Crippen molar-refractivity contribution >= 4 is 23.1 Å². The second kappa shape index (κ2) is 53.0. The van der Waals surface area contributed by atoms with Crippen molar-refractivity contribution in [3.8, 4) is 0 Å². The van der Waals surface area contributed by atoms with E-state index in [9.17, 15) is 24.9 Å². The summed E-state index contributed by atoms with van der Waals surface area (Å²) in [5.41, 5.74) is 12.7. The highest BCUT2D eigenvalue weighted by atomic mass is 32.1. The smallest absolute Gasteiger partial charge is 0.303 e. The van der Waals surface area contributed by atoms with Crippen LogP contribution in [0.5, 0.6) is 0 Å². The van der Waals surface area contributed by atoms with E-state index in [1.165, 1.54) is 71.0 Å². The second-order valence-electron chi connectivity index (χ2n) is 35.1. The van der Waals surface area contributed by atoms with E-state index in [0.717, 1.165) is 71.4 Å². The van der Waals surface area contributed by atoms with Crippen LogP contribution in [0.3, 0.4) is 0 Å². The third-order valence-electron chi connectivity index (χ3n) is 22.9. The average molecular weight is 1590 g/mol. The third kappa shape index (κ3) is 34.5. The molecule has 0 bridgehead atoms. The number of aliphatic hydroxyl groups is 3. The average Bonchev–Trinajstić information content (AvgIpc) is 1.70. The van der Waals surface area contributed by atoms with E-state index in [1.54, 1.807) is 11.3 Å². The van der Waals surface area contributed by atoms with Crippen molar-refractivity contribution in [2.75, 3.05) is 0 Å². The van der Waals surface area contributed by atoms with E-state index >= 15 is 0 Å². The number of carbonyl (C=O) groups excluding carboxylic acids is 2. The lowest BCUT2D eigenvalue weighted by Gasteiger charge is -2.36. The van der Waals surface area contributed by atoms with Gasteiger partial charge in [0.2, 0.25) is 0 Å². The van der Waals surface area contributed by atoms with Crippen LogP contribution in [0.15, 0.2) is 266 Å². The molecule has 3 N–H and O–H groups in total. The number of aliphatic hydroxyl groups excluding tert-OH is 1. The molecule has 7 unspecified atom stereocenters. The van der Waals surface area contributed by atoms with Gasteiger partial charge < -0.3 is 20.1 Å². The van der Waals surface area contributed by atoms with Gasteiger partial charge in [-0.1, -0.05) is 430 Å². The lowest BCUT2D eigenvalue weighted by atomic mass is 9.72. The molecule has 2 aliphatic rings. The van der Waals surface area contributed by atoms with Gasteiger partial charge in [-0.25, -0.2) is 4.98 Å². The first-order chi connectivity index (χ1) is 53.2. The number of Topliss-reactive ketones (excluding diaryl/α,β-unsaturated/α-hetero) is 1. The molecule has 0 radical (unpaired) electrons. The van der Waals surface area contributed by atoms with Crippen molar-refractivity contribution in [3.63, 3.8) is 0 Å². The van der Waals surface area contributed by atoms with Crippen molar-refractivity contribution in [1.29, 1.82) is 0 Å². The van der Waals surface area contributed by atoms with Crippen molar-refractivity contribution < 1.29 is 29.6 Å². The number of thiazole rings is 1. The molecule has 1 heterocycles. The van der Waals surface area contributed by atoms with Gasteiger partial charge in [0, 0.05) is 48.6 Å². The Kier molecular flexibility index (Phi) is 48.6. The van der Waals surface area contributed by atoms with Crippen LogP contribution in [0.1, 0.15) is 306 Å². The van der Waals surface area contributed by atoms with E-state index in [0.29, 0.717) is 66.1 Å². The van der Waals surface area contributed by atoms with Crippen molar-refractivity contribution in [2.45, 2.75) is 285 Å². The van der Waals surface area contributed by atoms with E-state index in [4.69, 9.17) is 4.74 Å². The molecule has 115 heavy (non-hydrogen) atoms. The largest absolute Gasteiger partial charge is 0.453 e. The molecule has 7 nitrogen and oxygen atoms in total. The Bertz CT molecular complexity index is 3780. The van der Waals surface area contributed by atoms with Crippen molar-refractivity contribution in [3.05, 3.63) is 305 Å². The molecule has 0 saturated heterocycles. The van der Waals surface area contributed by atoms with Gasteiger partial charge in [0.1, 0.15) is 18.0 Å². The highest BCUT2D eigenvalue weighted by molar-refractivity contribution is 7.09. The second-order valence-corrected chi connectivity index (χ2v) is 36.0. The fourth-order valence-corrected chi connectivity index (χ4v) is 15.9. The van der Waals surface area contributed by atoms with Gasteiger partial charge >= 0.3 is 5.97 Å². The summed E-state index contributed by atoms with van der Waals surface area (Å²) < 4.78 is 5.32. The number of rotatable bonds is 29. The van der Waals surface area contributed by atoms with Gasteiger partial charge in [-0.05, 0) is 142 Å². The maximum Gasteiger partial charge on any atom is 0.303 e. The molecule has 2 aliphatic carbocycles. The topological polar surface area (TPSA) is 117 Å². The number of allylic oxidation sites excluding steroid dienone is 3. The maximum atomic E-state index is 12.4. The molecule has 634 valence electrons. The van der Waals surface area contributed by atoms with Crippen LogP contribution >= 0.6 is 11.3 Å². The molecule has 0 spiro atoms. The number of ether oxygens (including phenoxy) is 1. The van der Waals surface area contributed by atoms with E-state index in [1.807, 2.05) is 176 Å². The number of esters is 1. The Morgan fingerprint density at radius 3 is 1.21 bits per heavy atom. The van der Waals surface area contributed by atoms with Crippen LogP contribution in [0.25, 0.3) is 0 Å². The molecule has 7 atom stereocenters. The minimum absolute atomic E-state index is 0. The number of hydrogen-bond donors (Lipinski definition) is 3. The van der Waals surface area contributed by atoms with Gasteiger partial charge in [-0.15, -0.1) is 11.3 Å². The first-order valence-electron chi connectivity index (χ1n) is 42.3. The van der Waals surface area contributed by atoms with Gasteiger partial charge in [0.25, 0.3) is 0 Å².